The van der Waals surface area contributed by atoms with Crippen LogP contribution in [0.4, 0.5) is 5.69 Å². The molecule has 0 unspecified atom stereocenters. The summed E-state index contributed by atoms with van der Waals surface area (Å²) < 4.78 is 16.6. The Morgan fingerprint density at radius 3 is 2.11 bits per heavy atom. The second kappa shape index (κ2) is 11.1. The number of piperidine rings is 1. The average molecular weight is 486 g/mol. The first kappa shape index (κ1) is 24.9. The van der Waals surface area contributed by atoms with Crippen LogP contribution >= 0.6 is 0 Å². The molecule has 4 heteroatoms. The van der Waals surface area contributed by atoms with Gasteiger partial charge in [-0.15, -0.1) is 0 Å². The van der Waals surface area contributed by atoms with Gasteiger partial charge in [0.25, 0.3) is 0 Å². The number of hydrogen-bond acceptors (Lipinski definition) is 4. The Morgan fingerprint density at radius 2 is 1.47 bits per heavy atom. The topological polar surface area (TPSA) is 30.9 Å². The minimum atomic E-state index is -0.100. The Bertz CT molecular complexity index is 1120. The standard InChI is InChI=1S/C32H39NO3/c1-22-20-30(23-8-6-5-7-9-23)31(28-15-14-27(34-2)21-29(22)28)24-10-12-26(13-11-24)33-18-16-25(17-19-33)32(35-3)36-4/h5-15,21-22,25,30-32H,16-20H2,1-4H3/t22-,30+,31+/m0/s1. The molecule has 36 heavy (non-hydrogen) atoms. The van der Waals surface area contributed by atoms with Gasteiger partial charge in [0, 0.05) is 44.8 Å². The molecule has 3 aromatic rings. The van der Waals surface area contributed by atoms with E-state index >= 15 is 0 Å². The molecule has 3 aromatic carbocycles. The Kier molecular flexibility index (Phi) is 7.64. The molecule has 0 radical (unpaired) electrons. The van der Waals surface area contributed by atoms with Gasteiger partial charge in [0.2, 0.25) is 0 Å². The molecule has 1 heterocycles. The largest absolute Gasteiger partial charge is 0.497 e. The van der Waals surface area contributed by atoms with Crippen molar-refractivity contribution in [1.82, 2.24) is 0 Å². The summed E-state index contributed by atoms with van der Waals surface area (Å²) >= 11 is 0. The first-order chi connectivity index (χ1) is 17.6. The molecular formula is C32H39NO3. The normalized spacial score (nSPS) is 22.5. The summed E-state index contributed by atoms with van der Waals surface area (Å²) in [5, 5.41) is 0. The first-order valence-corrected chi connectivity index (χ1v) is 13.3. The van der Waals surface area contributed by atoms with E-state index in [1.54, 1.807) is 21.3 Å². The van der Waals surface area contributed by atoms with Crippen LogP contribution in [0.15, 0.2) is 72.8 Å². The first-order valence-electron chi connectivity index (χ1n) is 13.3. The quantitative estimate of drug-likeness (QED) is 0.339. The third-order valence-electron chi connectivity index (χ3n) is 8.40. The molecule has 1 saturated heterocycles. The van der Waals surface area contributed by atoms with Crippen molar-refractivity contribution in [3.8, 4) is 5.75 Å². The lowest BCUT2D eigenvalue weighted by Gasteiger charge is -2.39. The van der Waals surface area contributed by atoms with E-state index in [9.17, 15) is 0 Å². The van der Waals surface area contributed by atoms with Gasteiger partial charge in [-0.3, -0.25) is 0 Å². The maximum Gasteiger partial charge on any atom is 0.159 e. The molecule has 2 aliphatic rings. The van der Waals surface area contributed by atoms with E-state index in [4.69, 9.17) is 14.2 Å². The van der Waals surface area contributed by atoms with E-state index in [1.165, 1.54) is 27.9 Å². The fourth-order valence-electron chi connectivity index (χ4n) is 6.49. The predicted molar refractivity (Wildman–Crippen MR) is 146 cm³/mol. The van der Waals surface area contributed by atoms with Crippen LogP contribution in [-0.2, 0) is 9.47 Å². The van der Waals surface area contributed by atoms with E-state index in [0.717, 1.165) is 38.1 Å². The summed E-state index contributed by atoms with van der Waals surface area (Å²) in [6.45, 7) is 4.42. The minimum absolute atomic E-state index is 0.100. The van der Waals surface area contributed by atoms with Gasteiger partial charge in [-0.05, 0) is 77.6 Å². The van der Waals surface area contributed by atoms with Gasteiger partial charge in [-0.1, -0.05) is 55.5 Å². The predicted octanol–water partition coefficient (Wildman–Crippen LogP) is 6.95. The van der Waals surface area contributed by atoms with Crippen LogP contribution in [0, 0.1) is 5.92 Å². The Morgan fingerprint density at radius 1 is 0.778 bits per heavy atom. The van der Waals surface area contributed by atoms with Gasteiger partial charge in [-0.25, -0.2) is 0 Å². The zero-order valence-corrected chi connectivity index (χ0v) is 22.0. The van der Waals surface area contributed by atoms with Crippen LogP contribution in [0.25, 0.3) is 0 Å². The molecule has 0 spiro atoms. The lowest BCUT2D eigenvalue weighted by atomic mass is 9.66. The molecule has 1 aliphatic carbocycles. The monoisotopic (exact) mass is 485 g/mol. The zero-order chi connectivity index (χ0) is 25.1. The number of ether oxygens (including phenoxy) is 3. The van der Waals surface area contributed by atoms with Gasteiger partial charge in [-0.2, -0.15) is 0 Å². The number of methoxy groups -OCH3 is 3. The van der Waals surface area contributed by atoms with Crippen molar-refractivity contribution in [3.05, 3.63) is 95.1 Å². The Labute approximate surface area is 216 Å². The summed E-state index contributed by atoms with van der Waals surface area (Å²) in [4.78, 5) is 2.50. The van der Waals surface area contributed by atoms with Crippen molar-refractivity contribution in [2.45, 2.75) is 50.2 Å². The zero-order valence-electron chi connectivity index (χ0n) is 22.0. The van der Waals surface area contributed by atoms with Crippen LogP contribution in [0.1, 0.15) is 66.2 Å². The van der Waals surface area contributed by atoms with E-state index in [1.807, 2.05) is 0 Å². The lowest BCUT2D eigenvalue weighted by molar-refractivity contribution is -0.141. The van der Waals surface area contributed by atoms with Gasteiger partial charge < -0.3 is 19.1 Å². The number of benzene rings is 3. The van der Waals surface area contributed by atoms with Gasteiger partial charge in [0.1, 0.15) is 5.75 Å². The molecule has 4 nitrogen and oxygen atoms in total. The molecule has 0 N–H and O–H groups in total. The molecule has 0 amide bonds. The van der Waals surface area contributed by atoms with Crippen molar-refractivity contribution in [1.29, 1.82) is 0 Å². The fraction of sp³-hybridized carbons (Fsp3) is 0.438. The Balaban J connectivity index is 1.43. The smallest absolute Gasteiger partial charge is 0.159 e. The number of fused-ring (bicyclic) bond motifs is 1. The highest BCUT2D eigenvalue weighted by atomic mass is 16.7. The maximum absolute atomic E-state index is 5.58. The van der Waals surface area contributed by atoms with E-state index in [2.05, 4.69) is 84.6 Å². The van der Waals surface area contributed by atoms with E-state index < -0.39 is 0 Å². The van der Waals surface area contributed by atoms with Crippen molar-refractivity contribution < 1.29 is 14.2 Å². The summed E-state index contributed by atoms with van der Waals surface area (Å²) in [6.07, 6.45) is 3.20. The summed E-state index contributed by atoms with van der Waals surface area (Å²) in [6, 6.07) is 27.1. The van der Waals surface area contributed by atoms with Crippen LogP contribution in [0.5, 0.6) is 5.75 Å². The molecule has 190 valence electrons. The van der Waals surface area contributed by atoms with Crippen LogP contribution in [0.3, 0.4) is 0 Å². The SMILES string of the molecule is COc1ccc2c(c1)[C@@H](C)C[C@H](c1ccccc1)[C@@H]2c1ccc(N2CCC(C(OC)OC)CC2)cc1. The summed E-state index contributed by atoms with van der Waals surface area (Å²) in [7, 11) is 5.23. The summed E-state index contributed by atoms with van der Waals surface area (Å²) in [5.74, 6) is 2.66. The number of nitrogens with zero attached hydrogens (tertiary/aromatic N) is 1. The molecule has 0 saturated carbocycles. The third-order valence-corrected chi connectivity index (χ3v) is 8.40. The van der Waals surface area contributed by atoms with Crippen molar-refractivity contribution >= 4 is 5.69 Å². The molecule has 0 aromatic heterocycles. The summed E-state index contributed by atoms with van der Waals surface area (Å²) in [5.41, 5.74) is 6.97. The van der Waals surface area contributed by atoms with Crippen molar-refractivity contribution in [3.63, 3.8) is 0 Å². The van der Waals surface area contributed by atoms with Crippen molar-refractivity contribution in [2.24, 2.45) is 5.92 Å². The van der Waals surface area contributed by atoms with E-state index in [-0.39, 0.29) is 6.29 Å². The highest BCUT2D eigenvalue weighted by molar-refractivity contribution is 5.53. The van der Waals surface area contributed by atoms with Gasteiger partial charge in [0.05, 0.1) is 7.11 Å². The number of rotatable bonds is 7. The number of hydrogen-bond donors (Lipinski definition) is 0. The molecule has 0 bridgehead atoms. The van der Waals surface area contributed by atoms with Crippen LogP contribution in [-0.4, -0.2) is 40.7 Å². The second-order valence-electron chi connectivity index (χ2n) is 10.4. The molecular weight excluding hydrogens is 446 g/mol. The van der Waals surface area contributed by atoms with Crippen LogP contribution < -0.4 is 9.64 Å². The number of anilines is 1. The fourth-order valence-corrected chi connectivity index (χ4v) is 6.49. The van der Waals surface area contributed by atoms with E-state index in [0.29, 0.717) is 23.7 Å². The average Bonchev–Trinajstić information content (AvgIpc) is 2.94. The minimum Gasteiger partial charge on any atom is -0.497 e. The molecule has 1 fully saturated rings. The van der Waals surface area contributed by atoms with Crippen LogP contribution in [0.2, 0.25) is 0 Å². The Hall–Kier alpha value is -2.82. The molecule has 5 rings (SSSR count). The second-order valence-corrected chi connectivity index (χ2v) is 10.4. The lowest BCUT2D eigenvalue weighted by Crippen LogP contribution is -2.39. The van der Waals surface area contributed by atoms with Gasteiger partial charge >= 0.3 is 0 Å². The third kappa shape index (κ3) is 4.89. The molecule has 3 atom stereocenters. The highest BCUT2D eigenvalue weighted by Crippen LogP contribution is 2.51. The van der Waals surface area contributed by atoms with Crippen molar-refractivity contribution in [2.75, 3.05) is 39.3 Å². The molecule has 1 aliphatic heterocycles. The van der Waals surface area contributed by atoms with Gasteiger partial charge in [0.15, 0.2) is 6.29 Å². The maximum atomic E-state index is 5.58. The highest BCUT2D eigenvalue weighted by Gasteiger charge is 2.35.